The van der Waals surface area contributed by atoms with Crippen molar-refractivity contribution in [2.24, 2.45) is 0 Å². The van der Waals surface area contributed by atoms with Crippen LogP contribution in [0.3, 0.4) is 0 Å². The van der Waals surface area contributed by atoms with Crippen molar-refractivity contribution < 1.29 is 28.6 Å². The van der Waals surface area contributed by atoms with Crippen molar-refractivity contribution in [1.29, 1.82) is 0 Å². The molecule has 0 aliphatic carbocycles. The highest BCUT2D eigenvalue weighted by Crippen LogP contribution is 2.18. The molecule has 0 aromatic rings. The third-order valence-electron chi connectivity index (χ3n) is 14.8. The molecule has 0 aromatic carbocycles. The highest BCUT2D eigenvalue weighted by atomic mass is 16.6. The van der Waals surface area contributed by atoms with Gasteiger partial charge in [-0.15, -0.1) is 0 Å². The van der Waals surface area contributed by atoms with Gasteiger partial charge in [0.15, 0.2) is 6.10 Å². The van der Waals surface area contributed by atoms with Crippen molar-refractivity contribution in [3.05, 3.63) is 60.8 Å². The lowest BCUT2D eigenvalue weighted by atomic mass is 10.0. The Bertz CT molecular complexity index is 1360. The van der Waals surface area contributed by atoms with Crippen LogP contribution in [0.25, 0.3) is 0 Å². The van der Waals surface area contributed by atoms with Crippen molar-refractivity contribution in [3.8, 4) is 0 Å². The molecule has 0 saturated heterocycles. The zero-order valence-electron chi connectivity index (χ0n) is 50.8. The molecule has 76 heavy (non-hydrogen) atoms. The van der Waals surface area contributed by atoms with Gasteiger partial charge >= 0.3 is 17.9 Å². The molecule has 0 spiro atoms. The summed E-state index contributed by atoms with van der Waals surface area (Å²) in [6, 6.07) is 0. The van der Waals surface area contributed by atoms with E-state index >= 15 is 0 Å². The smallest absolute Gasteiger partial charge is 0.306 e. The van der Waals surface area contributed by atoms with E-state index in [0.717, 1.165) is 83.5 Å². The molecule has 442 valence electrons. The van der Waals surface area contributed by atoms with Gasteiger partial charge < -0.3 is 14.2 Å². The summed E-state index contributed by atoms with van der Waals surface area (Å²) < 4.78 is 16.9. The van der Waals surface area contributed by atoms with E-state index in [1.807, 2.05) is 0 Å². The van der Waals surface area contributed by atoms with E-state index in [4.69, 9.17) is 14.2 Å². The van der Waals surface area contributed by atoms with Crippen LogP contribution in [0.15, 0.2) is 60.8 Å². The Morgan fingerprint density at radius 2 is 0.513 bits per heavy atom. The van der Waals surface area contributed by atoms with E-state index < -0.39 is 6.10 Å². The van der Waals surface area contributed by atoms with Gasteiger partial charge in [0.1, 0.15) is 13.2 Å². The fourth-order valence-corrected chi connectivity index (χ4v) is 9.79. The maximum absolute atomic E-state index is 12.9. The first kappa shape index (κ1) is 73.1. The molecule has 0 aliphatic rings. The Morgan fingerprint density at radius 1 is 0.276 bits per heavy atom. The molecule has 0 rings (SSSR count). The predicted molar refractivity (Wildman–Crippen MR) is 330 cm³/mol. The van der Waals surface area contributed by atoms with Crippen LogP contribution >= 0.6 is 0 Å². The summed E-state index contributed by atoms with van der Waals surface area (Å²) in [7, 11) is 0. The number of allylic oxidation sites excluding steroid dienone is 10. The molecule has 1 atom stereocenters. The molecule has 0 fully saturated rings. The second-order valence-electron chi connectivity index (χ2n) is 22.4. The minimum Gasteiger partial charge on any atom is -0.462 e. The predicted octanol–water partition coefficient (Wildman–Crippen LogP) is 22.7. The summed E-state index contributed by atoms with van der Waals surface area (Å²) in [5.41, 5.74) is 0. The van der Waals surface area contributed by atoms with E-state index in [9.17, 15) is 14.4 Å². The largest absolute Gasteiger partial charge is 0.462 e. The zero-order chi connectivity index (χ0) is 55.0. The van der Waals surface area contributed by atoms with Crippen LogP contribution in [0.1, 0.15) is 348 Å². The summed E-state index contributed by atoms with van der Waals surface area (Å²) in [6.07, 6.45) is 82.6. The molecule has 0 heterocycles. The number of carbonyl (C=O) groups is 3. The molecule has 0 radical (unpaired) electrons. The highest BCUT2D eigenvalue weighted by molar-refractivity contribution is 5.71. The van der Waals surface area contributed by atoms with Crippen molar-refractivity contribution >= 4 is 17.9 Å². The number of unbranched alkanes of at least 4 members (excludes halogenated alkanes) is 40. The van der Waals surface area contributed by atoms with E-state index in [-0.39, 0.29) is 37.5 Å². The van der Waals surface area contributed by atoms with Gasteiger partial charge in [-0.2, -0.15) is 0 Å². The molecule has 6 heteroatoms. The summed E-state index contributed by atoms with van der Waals surface area (Å²) >= 11 is 0. The van der Waals surface area contributed by atoms with Gasteiger partial charge in [0.05, 0.1) is 0 Å². The SMILES string of the molecule is CC/C=C\C/C=C\C/C=C\C/C=C\CCCCC(=O)OC(COC(=O)CCCCCCC/C=C\CCCCCCC)COC(=O)CCCCCCCCCCCCCCCCCCCCCCCCCCCCCCC. The maximum atomic E-state index is 12.9. The minimum absolute atomic E-state index is 0.0906. The van der Waals surface area contributed by atoms with Gasteiger partial charge in [0.2, 0.25) is 0 Å². The van der Waals surface area contributed by atoms with E-state index in [1.165, 1.54) is 218 Å². The van der Waals surface area contributed by atoms with Crippen LogP contribution < -0.4 is 0 Å². The minimum atomic E-state index is -0.798. The Hall–Kier alpha value is -2.89. The third-order valence-corrected chi connectivity index (χ3v) is 14.8. The molecule has 0 saturated carbocycles. The molecular formula is C70H126O6. The van der Waals surface area contributed by atoms with Crippen LogP contribution in [0, 0.1) is 0 Å². The van der Waals surface area contributed by atoms with E-state index in [1.54, 1.807) is 0 Å². The summed E-state index contributed by atoms with van der Waals surface area (Å²) in [4.78, 5) is 38.3. The van der Waals surface area contributed by atoms with Crippen LogP contribution in [0.5, 0.6) is 0 Å². The lowest BCUT2D eigenvalue weighted by Crippen LogP contribution is -2.30. The van der Waals surface area contributed by atoms with Gasteiger partial charge in [-0.3, -0.25) is 14.4 Å². The van der Waals surface area contributed by atoms with Crippen molar-refractivity contribution in [2.75, 3.05) is 13.2 Å². The highest BCUT2D eigenvalue weighted by Gasteiger charge is 2.19. The molecule has 0 aliphatic heterocycles. The Balaban J connectivity index is 4.20. The maximum Gasteiger partial charge on any atom is 0.306 e. The fourth-order valence-electron chi connectivity index (χ4n) is 9.79. The van der Waals surface area contributed by atoms with Crippen LogP contribution in [0.4, 0.5) is 0 Å². The molecular weight excluding hydrogens is 937 g/mol. The standard InChI is InChI=1S/C70H126O6/c1-4-7-10-13-16-19-22-25-28-29-30-31-32-33-34-35-36-37-38-39-40-41-43-45-48-51-54-57-60-63-69(72)75-66-67(65-74-68(71)62-59-56-53-50-47-44-27-24-21-18-15-12-9-6-3)76-70(73)64-61-58-55-52-49-46-42-26-23-20-17-14-11-8-5-2/h8,11,17,20,24,26-27,42,49,52,67H,4-7,9-10,12-16,18-19,21-23,25,28-41,43-48,50-51,53-66H2,1-3H3/b11-8-,20-17-,27-24-,42-26-,52-49-. The van der Waals surface area contributed by atoms with Gasteiger partial charge in [-0.25, -0.2) is 0 Å². The molecule has 1 unspecified atom stereocenters. The van der Waals surface area contributed by atoms with E-state index in [2.05, 4.69) is 81.5 Å². The number of hydrogen-bond donors (Lipinski definition) is 0. The van der Waals surface area contributed by atoms with Crippen molar-refractivity contribution in [1.82, 2.24) is 0 Å². The average molecular weight is 1060 g/mol. The average Bonchev–Trinajstić information content (AvgIpc) is 3.42. The fraction of sp³-hybridized carbons (Fsp3) is 0.814. The molecule has 6 nitrogen and oxygen atoms in total. The molecule has 0 aromatic heterocycles. The lowest BCUT2D eigenvalue weighted by Gasteiger charge is -2.18. The number of esters is 3. The molecule has 0 bridgehead atoms. The summed E-state index contributed by atoms with van der Waals surface area (Å²) in [5.74, 6) is -0.925. The number of ether oxygens (including phenoxy) is 3. The van der Waals surface area contributed by atoms with Crippen molar-refractivity contribution in [2.45, 2.75) is 354 Å². The lowest BCUT2D eigenvalue weighted by molar-refractivity contribution is -0.167. The number of hydrogen-bond acceptors (Lipinski definition) is 6. The number of carbonyl (C=O) groups excluding carboxylic acids is 3. The number of rotatable bonds is 61. The van der Waals surface area contributed by atoms with Crippen LogP contribution in [-0.2, 0) is 28.6 Å². The topological polar surface area (TPSA) is 78.9 Å². The molecule has 0 N–H and O–H groups in total. The second kappa shape index (κ2) is 64.6. The first-order valence-corrected chi connectivity index (χ1v) is 33.3. The first-order valence-electron chi connectivity index (χ1n) is 33.3. The van der Waals surface area contributed by atoms with Gasteiger partial charge in [-0.1, -0.05) is 306 Å². The van der Waals surface area contributed by atoms with Crippen LogP contribution in [0.2, 0.25) is 0 Å². The first-order chi connectivity index (χ1) is 37.5. The normalized spacial score (nSPS) is 12.4. The quantitative estimate of drug-likeness (QED) is 0.0261. The zero-order valence-corrected chi connectivity index (χ0v) is 50.8. The summed E-state index contributed by atoms with van der Waals surface area (Å²) in [6.45, 7) is 6.52. The third kappa shape index (κ3) is 62.0. The summed E-state index contributed by atoms with van der Waals surface area (Å²) in [5, 5.41) is 0. The van der Waals surface area contributed by atoms with Gasteiger partial charge in [0.25, 0.3) is 0 Å². The Kier molecular flexibility index (Phi) is 62.2. The van der Waals surface area contributed by atoms with E-state index in [0.29, 0.717) is 19.3 Å². The Labute approximate surface area is 472 Å². The Morgan fingerprint density at radius 3 is 0.842 bits per heavy atom. The monoisotopic (exact) mass is 1060 g/mol. The van der Waals surface area contributed by atoms with Gasteiger partial charge in [-0.05, 0) is 83.5 Å². The van der Waals surface area contributed by atoms with Crippen LogP contribution in [-0.4, -0.2) is 37.2 Å². The second-order valence-corrected chi connectivity index (χ2v) is 22.4. The van der Waals surface area contributed by atoms with Gasteiger partial charge in [0, 0.05) is 19.3 Å². The van der Waals surface area contributed by atoms with Crippen molar-refractivity contribution in [3.63, 3.8) is 0 Å². The molecule has 0 amide bonds.